The Kier molecular flexibility index (Phi) is 4.75. The highest BCUT2D eigenvalue weighted by molar-refractivity contribution is 7.27. The maximum absolute atomic E-state index is 5.45. The minimum absolute atomic E-state index is 0.743. The van der Waals surface area contributed by atoms with Crippen molar-refractivity contribution in [1.82, 2.24) is 14.5 Å². The van der Waals surface area contributed by atoms with Crippen molar-refractivity contribution in [3.05, 3.63) is 127 Å². The predicted molar refractivity (Wildman–Crippen MR) is 185 cm³/mol. The number of thiophene rings is 2. The Labute approximate surface area is 253 Å². The fourth-order valence-electron chi connectivity index (χ4n) is 6.82. The lowest BCUT2D eigenvalue weighted by Gasteiger charge is -2.13. The summed E-state index contributed by atoms with van der Waals surface area (Å²) in [6.45, 7) is 0. The first-order chi connectivity index (χ1) is 21.3. The predicted octanol–water partition coefficient (Wildman–Crippen LogP) is 11.1. The van der Waals surface area contributed by atoms with Gasteiger partial charge in [0.25, 0.3) is 0 Å². The number of fused-ring (bicyclic) bond motifs is 13. The molecule has 5 heteroatoms. The van der Waals surface area contributed by atoms with E-state index in [1.54, 1.807) is 11.3 Å². The van der Waals surface area contributed by atoms with E-state index in [9.17, 15) is 0 Å². The van der Waals surface area contributed by atoms with E-state index in [0.717, 1.165) is 32.9 Å². The molecule has 0 unspecified atom stereocenters. The van der Waals surface area contributed by atoms with Crippen LogP contribution in [0.25, 0.3) is 90.3 Å². The molecule has 6 aromatic carbocycles. The Hall–Kier alpha value is -5.10. The SMILES string of the molecule is c1ccc(-c2nc(-n3c4ccccc4c4c5ccccc5c5sc6ccccc6c5c43)c3c(n2)sc2ccccc23)cc1. The smallest absolute Gasteiger partial charge is 0.163 e. The standard InChI is InChI=1S/C38H21N3S2/c1-2-12-22(13-3-1)36-39-37(33-27-18-8-11-21-30(27)43-38(33)40-36)41-28-19-9-6-16-25(28)31-23-14-4-5-15-24(23)35-32(34(31)41)26-17-7-10-20-29(26)42-35/h1-21H. The van der Waals surface area contributed by atoms with Crippen molar-refractivity contribution >= 4 is 95.7 Å². The third kappa shape index (κ3) is 3.18. The second-order valence-electron chi connectivity index (χ2n) is 10.9. The Morgan fingerprint density at radius 2 is 1.07 bits per heavy atom. The van der Waals surface area contributed by atoms with Gasteiger partial charge >= 0.3 is 0 Å². The van der Waals surface area contributed by atoms with Gasteiger partial charge in [-0.1, -0.05) is 109 Å². The molecule has 4 aromatic heterocycles. The molecule has 0 spiro atoms. The average molecular weight is 584 g/mol. The Balaban J connectivity index is 1.52. The Morgan fingerprint density at radius 1 is 0.465 bits per heavy atom. The molecular formula is C38H21N3S2. The van der Waals surface area contributed by atoms with Gasteiger partial charge < -0.3 is 0 Å². The first kappa shape index (κ1) is 23.5. The number of hydrogen-bond acceptors (Lipinski definition) is 4. The Bertz CT molecular complexity index is 2730. The number of para-hydroxylation sites is 1. The maximum atomic E-state index is 5.45. The van der Waals surface area contributed by atoms with E-state index >= 15 is 0 Å². The van der Waals surface area contributed by atoms with Gasteiger partial charge in [0.15, 0.2) is 11.6 Å². The number of aromatic nitrogens is 3. The van der Waals surface area contributed by atoms with E-state index in [2.05, 4.69) is 126 Å². The zero-order valence-electron chi connectivity index (χ0n) is 22.8. The van der Waals surface area contributed by atoms with Crippen molar-refractivity contribution in [3.8, 4) is 17.2 Å². The van der Waals surface area contributed by atoms with Gasteiger partial charge in [0.2, 0.25) is 0 Å². The molecule has 0 fully saturated rings. The number of rotatable bonds is 2. The van der Waals surface area contributed by atoms with E-state index in [-0.39, 0.29) is 0 Å². The molecule has 200 valence electrons. The highest BCUT2D eigenvalue weighted by Crippen LogP contribution is 2.49. The summed E-state index contributed by atoms with van der Waals surface area (Å²) in [6.07, 6.45) is 0. The van der Waals surface area contributed by atoms with Crippen molar-refractivity contribution < 1.29 is 0 Å². The average Bonchev–Trinajstić information content (AvgIpc) is 3.74. The highest BCUT2D eigenvalue weighted by atomic mass is 32.1. The molecule has 10 rings (SSSR count). The van der Waals surface area contributed by atoms with Gasteiger partial charge in [-0.25, -0.2) is 9.97 Å². The normalized spacial score (nSPS) is 12.2. The first-order valence-corrected chi connectivity index (χ1v) is 16.0. The number of hydrogen-bond donors (Lipinski definition) is 0. The largest absolute Gasteiger partial charge is 0.292 e. The molecule has 0 N–H and O–H groups in total. The fraction of sp³-hybridized carbons (Fsp3) is 0. The minimum atomic E-state index is 0.743. The highest BCUT2D eigenvalue weighted by Gasteiger charge is 2.25. The van der Waals surface area contributed by atoms with Crippen molar-refractivity contribution in [2.24, 2.45) is 0 Å². The van der Waals surface area contributed by atoms with Gasteiger partial charge in [0.1, 0.15) is 4.83 Å². The van der Waals surface area contributed by atoms with Crippen molar-refractivity contribution in [1.29, 1.82) is 0 Å². The van der Waals surface area contributed by atoms with Crippen LogP contribution < -0.4 is 0 Å². The zero-order chi connectivity index (χ0) is 28.1. The summed E-state index contributed by atoms with van der Waals surface area (Å²) in [7, 11) is 0. The maximum Gasteiger partial charge on any atom is 0.163 e. The molecule has 0 aliphatic rings. The van der Waals surface area contributed by atoms with E-state index in [1.165, 1.54) is 57.3 Å². The van der Waals surface area contributed by atoms with E-state index in [4.69, 9.17) is 9.97 Å². The Morgan fingerprint density at radius 3 is 1.86 bits per heavy atom. The summed E-state index contributed by atoms with van der Waals surface area (Å²) in [5.74, 6) is 1.67. The van der Waals surface area contributed by atoms with Crippen molar-refractivity contribution in [3.63, 3.8) is 0 Å². The summed E-state index contributed by atoms with van der Waals surface area (Å²) >= 11 is 3.62. The first-order valence-electron chi connectivity index (χ1n) is 14.4. The van der Waals surface area contributed by atoms with E-state index < -0.39 is 0 Å². The third-order valence-corrected chi connectivity index (χ3v) is 10.9. The number of benzene rings is 6. The van der Waals surface area contributed by atoms with Gasteiger partial charge in [-0.2, -0.15) is 0 Å². The second kappa shape index (κ2) is 8.71. The molecule has 0 radical (unpaired) electrons. The quantitative estimate of drug-likeness (QED) is 0.203. The van der Waals surface area contributed by atoms with Gasteiger partial charge in [0.05, 0.1) is 16.4 Å². The van der Waals surface area contributed by atoms with E-state index in [1.807, 2.05) is 17.4 Å². The lowest BCUT2D eigenvalue weighted by Crippen LogP contribution is -2.02. The minimum Gasteiger partial charge on any atom is -0.292 e. The summed E-state index contributed by atoms with van der Waals surface area (Å²) in [4.78, 5) is 11.6. The van der Waals surface area contributed by atoms with Gasteiger partial charge in [-0.3, -0.25) is 4.57 Å². The molecule has 0 aliphatic carbocycles. The van der Waals surface area contributed by atoms with Crippen LogP contribution in [0.2, 0.25) is 0 Å². The summed E-state index contributed by atoms with van der Waals surface area (Å²) in [5, 5.41) is 9.94. The van der Waals surface area contributed by atoms with E-state index in [0.29, 0.717) is 0 Å². The summed E-state index contributed by atoms with van der Waals surface area (Å²) in [6, 6.07) is 45.5. The molecule has 43 heavy (non-hydrogen) atoms. The van der Waals surface area contributed by atoms with Gasteiger partial charge in [-0.15, -0.1) is 22.7 Å². The molecular weight excluding hydrogens is 563 g/mol. The van der Waals surface area contributed by atoms with Crippen LogP contribution >= 0.6 is 22.7 Å². The van der Waals surface area contributed by atoms with Crippen molar-refractivity contribution in [2.45, 2.75) is 0 Å². The van der Waals surface area contributed by atoms with Crippen LogP contribution in [0, 0.1) is 0 Å². The molecule has 4 heterocycles. The summed E-state index contributed by atoms with van der Waals surface area (Å²) in [5.41, 5.74) is 3.38. The zero-order valence-corrected chi connectivity index (χ0v) is 24.4. The van der Waals surface area contributed by atoms with Crippen LogP contribution in [-0.2, 0) is 0 Å². The van der Waals surface area contributed by atoms with Crippen LogP contribution in [0.3, 0.4) is 0 Å². The van der Waals surface area contributed by atoms with Crippen LogP contribution in [-0.4, -0.2) is 14.5 Å². The van der Waals surface area contributed by atoms with Gasteiger partial charge in [-0.05, 0) is 23.6 Å². The van der Waals surface area contributed by atoms with Crippen LogP contribution in [0.15, 0.2) is 127 Å². The van der Waals surface area contributed by atoms with Crippen LogP contribution in [0.4, 0.5) is 0 Å². The fourth-order valence-corrected chi connectivity index (χ4v) is 9.14. The molecule has 0 bridgehead atoms. The lowest BCUT2D eigenvalue weighted by molar-refractivity contribution is 1.08. The molecule has 3 nitrogen and oxygen atoms in total. The third-order valence-electron chi connectivity index (χ3n) is 8.61. The summed E-state index contributed by atoms with van der Waals surface area (Å²) < 4.78 is 6.27. The second-order valence-corrected chi connectivity index (χ2v) is 13.0. The molecule has 0 atom stereocenters. The van der Waals surface area contributed by atoms with Gasteiger partial charge in [0, 0.05) is 52.0 Å². The molecule has 10 aromatic rings. The topological polar surface area (TPSA) is 30.7 Å². The monoisotopic (exact) mass is 583 g/mol. The molecule has 0 amide bonds. The number of nitrogens with zero attached hydrogens (tertiary/aromatic N) is 3. The van der Waals surface area contributed by atoms with Crippen molar-refractivity contribution in [2.75, 3.05) is 0 Å². The molecule has 0 saturated carbocycles. The van der Waals surface area contributed by atoms with Crippen LogP contribution in [0.5, 0.6) is 0 Å². The van der Waals surface area contributed by atoms with Crippen LogP contribution in [0.1, 0.15) is 0 Å². The molecule has 0 aliphatic heterocycles. The lowest BCUT2D eigenvalue weighted by atomic mass is 10.00. The molecule has 0 saturated heterocycles.